The zero-order valence-corrected chi connectivity index (χ0v) is 20.2. The third-order valence-corrected chi connectivity index (χ3v) is 7.57. The Bertz CT molecular complexity index is 1120. The van der Waals surface area contributed by atoms with Gasteiger partial charge in [-0.2, -0.15) is 0 Å². The Kier molecular flexibility index (Phi) is 8.13. The monoisotopic (exact) mass is 464 g/mol. The van der Waals surface area contributed by atoms with E-state index in [4.69, 9.17) is 0 Å². The lowest BCUT2D eigenvalue weighted by molar-refractivity contribution is 0.254. The Morgan fingerprint density at radius 1 is 0.824 bits per heavy atom. The topological polar surface area (TPSA) is 0 Å². The first-order chi connectivity index (χ1) is 16.5. The van der Waals surface area contributed by atoms with E-state index in [1.165, 1.54) is 44.1 Å². The molecule has 0 heterocycles. The van der Waals surface area contributed by atoms with E-state index in [0.717, 1.165) is 24.7 Å². The molecule has 1 aliphatic rings. The molecule has 0 atom stereocenters. The van der Waals surface area contributed by atoms with Crippen LogP contribution in [0, 0.1) is 29.3 Å². The molecule has 180 valence electrons. The fourth-order valence-electron chi connectivity index (χ4n) is 5.49. The van der Waals surface area contributed by atoms with Gasteiger partial charge in [-0.05, 0) is 72.1 Å². The van der Waals surface area contributed by atoms with Crippen LogP contribution < -0.4 is 0 Å². The van der Waals surface area contributed by atoms with E-state index < -0.39 is 17.5 Å². The summed E-state index contributed by atoms with van der Waals surface area (Å²) < 4.78 is 44.5. The summed E-state index contributed by atoms with van der Waals surface area (Å²) in [6.45, 7) is 5.74. The summed E-state index contributed by atoms with van der Waals surface area (Å²) in [5.41, 5.74) is 2.52. The lowest BCUT2D eigenvalue weighted by atomic mass is 9.78. The molecule has 1 saturated carbocycles. The summed E-state index contributed by atoms with van der Waals surface area (Å²) in [5.74, 6) is -1.07. The van der Waals surface area contributed by atoms with Gasteiger partial charge in [0.1, 0.15) is 5.82 Å². The Labute approximate surface area is 201 Å². The minimum Gasteiger partial charge on any atom is -0.206 e. The van der Waals surface area contributed by atoms with Crippen LogP contribution in [0.3, 0.4) is 0 Å². The van der Waals surface area contributed by atoms with Crippen molar-refractivity contribution in [2.45, 2.75) is 71.1 Å². The third-order valence-electron chi connectivity index (χ3n) is 7.57. The van der Waals surface area contributed by atoms with Gasteiger partial charge >= 0.3 is 0 Å². The highest BCUT2D eigenvalue weighted by Crippen LogP contribution is 2.35. The van der Waals surface area contributed by atoms with Crippen molar-refractivity contribution in [3.05, 3.63) is 83.7 Å². The van der Waals surface area contributed by atoms with Crippen LogP contribution in [0.2, 0.25) is 0 Å². The maximum absolute atomic E-state index is 15.3. The van der Waals surface area contributed by atoms with Gasteiger partial charge in [-0.25, -0.2) is 13.2 Å². The van der Waals surface area contributed by atoms with E-state index in [1.807, 2.05) is 37.3 Å². The highest BCUT2D eigenvalue weighted by Gasteiger charge is 2.21. The van der Waals surface area contributed by atoms with E-state index in [2.05, 4.69) is 6.58 Å². The molecule has 0 amide bonds. The number of aryl methyl sites for hydroxylation is 2. The molecule has 3 aromatic carbocycles. The molecular weight excluding hydrogens is 429 g/mol. The molecule has 0 nitrogen and oxygen atoms in total. The summed E-state index contributed by atoms with van der Waals surface area (Å²) in [6, 6.07) is 12.8. The fraction of sp³-hybridized carbons (Fsp3) is 0.419. The van der Waals surface area contributed by atoms with Crippen LogP contribution in [-0.2, 0) is 12.8 Å². The molecule has 4 rings (SSSR count). The van der Waals surface area contributed by atoms with Crippen molar-refractivity contribution in [2.24, 2.45) is 11.8 Å². The molecule has 0 aliphatic heterocycles. The van der Waals surface area contributed by atoms with Crippen LogP contribution in [0.4, 0.5) is 13.2 Å². The number of hydrogen-bond donors (Lipinski definition) is 0. The van der Waals surface area contributed by atoms with E-state index in [1.54, 1.807) is 18.2 Å². The van der Waals surface area contributed by atoms with Crippen molar-refractivity contribution >= 4 is 10.8 Å². The molecule has 1 aliphatic carbocycles. The van der Waals surface area contributed by atoms with Crippen LogP contribution in [-0.4, -0.2) is 0 Å². The molecule has 0 saturated heterocycles. The van der Waals surface area contributed by atoms with Gasteiger partial charge in [-0.15, -0.1) is 6.58 Å². The minimum absolute atomic E-state index is 0.261. The van der Waals surface area contributed by atoms with Crippen LogP contribution >= 0.6 is 0 Å². The van der Waals surface area contributed by atoms with Crippen molar-refractivity contribution in [1.29, 1.82) is 0 Å². The molecule has 0 aromatic heterocycles. The van der Waals surface area contributed by atoms with Crippen molar-refractivity contribution in [3.63, 3.8) is 0 Å². The summed E-state index contributed by atoms with van der Waals surface area (Å²) in [4.78, 5) is 0. The number of rotatable bonds is 9. The zero-order chi connectivity index (χ0) is 24.1. The van der Waals surface area contributed by atoms with E-state index in [9.17, 15) is 8.78 Å². The van der Waals surface area contributed by atoms with E-state index in [0.29, 0.717) is 34.9 Å². The summed E-state index contributed by atoms with van der Waals surface area (Å²) in [6.07, 6.45) is 13.0. The van der Waals surface area contributed by atoms with Crippen molar-refractivity contribution in [2.75, 3.05) is 0 Å². The highest BCUT2D eigenvalue weighted by molar-refractivity contribution is 5.89. The van der Waals surface area contributed by atoms with Gasteiger partial charge in [0.25, 0.3) is 0 Å². The van der Waals surface area contributed by atoms with Crippen LogP contribution in [0.15, 0.2) is 55.1 Å². The van der Waals surface area contributed by atoms with Crippen LogP contribution in [0.1, 0.15) is 69.4 Å². The van der Waals surface area contributed by atoms with Gasteiger partial charge in [-0.1, -0.05) is 81.5 Å². The van der Waals surface area contributed by atoms with Gasteiger partial charge < -0.3 is 0 Å². The Balaban J connectivity index is 1.44. The number of hydrogen-bond acceptors (Lipinski definition) is 0. The largest absolute Gasteiger partial charge is 0.206 e. The molecule has 0 radical (unpaired) electrons. The quantitative estimate of drug-likeness (QED) is 0.277. The van der Waals surface area contributed by atoms with Gasteiger partial charge in [0.2, 0.25) is 0 Å². The highest BCUT2D eigenvalue weighted by atomic mass is 19.2. The van der Waals surface area contributed by atoms with Crippen molar-refractivity contribution < 1.29 is 13.2 Å². The van der Waals surface area contributed by atoms with Crippen LogP contribution in [0.25, 0.3) is 21.9 Å². The average Bonchev–Trinajstić information content (AvgIpc) is 2.86. The summed E-state index contributed by atoms with van der Waals surface area (Å²) >= 11 is 0. The summed E-state index contributed by atoms with van der Waals surface area (Å²) in [7, 11) is 0. The predicted octanol–water partition coefficient (Wildman–Crippen LogP) is 9.58. The molecular formula is C31H35F3. The second-order valence-electron chi connectivity index (χ2n) is 9.93. The van der Waals surface area contributed by atoms with E-state index >= 15 is 4.39 Å². The predicted molar refractivity (Wildman–Crippen MR) is 136 cm³/mol. The SMILES string of the molecule is C=CCCC1CCC(CCc2ccc(-c3ccc4cc(CCC)c(F)c(F)c4c3F)cc2)CC1. The Morgan fingerprint density at radius 3 is 2.15 bits per heavy atom. The lowest BCUT2D eigenvalue weighted by Crippen LogP contribution is -2.15. The molecule has 0 unspecified atom stereocenters. The molecule has 1 fully saturated rings. The lowest BCUT2D eigenvalue weighted by Gasteiger charge is -2.28. The number of benzene rings is 3. The molecule has 3 heteroatoms. The van der Waals surface area contributed by atoms with Gasteiger partial charge in [0.05, 0.1) is 5.39 Å². The smallest absolute Gasteiger partial charge is 0.169 e. The first kappa shape index (κ1) is 24.6. The number of allylic oxidation sites excluding steroid dienone is 1. The van der Waals surface area contributed by atoms with E-state index in [-0.39, 0.29) is 5.39 Å². The third kappa shape index (κ3) is 5.40. The zero-order valence-electron chi connectivity index (χ0n) is 20.2. The molecule has 0 bridgehead atoms. The Hall–Kier alpha value is -2.55. The normalized spacial score (nSPS) is 18.4. The first-order valence-electron chi connectivity index (χ1n) is 12.8. The molecule has 34 heavy (non-hydrogen) atoms. The van der Waals surface area contributed by atoms with Gasteiger partial charge in [0.15, 0.2) is 11.6 Å². The number of halogens is 3. The van der Waals surface area contributed by atoms with Gasteiger partial charge in [0, 0.05) is 5.56 Å². The first-order valence-corrected chi connectivity index (χ1v) is 12.8. The molecule has 0 N–H and O–H groups in total. The maximum atomic E-state index is 15.3. The van der Waals surface area contributed by atoms with Crippen molar-refractivity contribution in [1.82, 2.24) is 0 Å². The Morgan fingerprint density at radius 2 is 1.50 bits per heavy atom. The molecule has 0 spiro atoms. The fourth-order valence-corrected chi connectivity index (χ4v) is 5.49. The second-order valence-corrected chi connectivity index (χ2v) is 9.93. The second kappa shape index (κ2) is 11.3. The average molecular weight is 465 g/mol. The minimum atomic E-state index is -1.09. The standard InChI is InChI=1S/C31H35F3/c1-3-5-7-21-8-10-22(11-9-21)12-13-23-14-16-24(17-15-23)27-19-18-25-20-26(6-4-2)29(32)31(34)28(25)30(27)33/h3,14-22H,1,4-13H2,2H3. The maximum Gasteiger partial charge on any atom is 0.169 e. The van der Waals surface area contributed by atoms with Gasteiger partial charge in [-0.3, -0.25) is 0 Å². The van der Waals surface area contributed by atoms with Crippen LogP contribution in [0.5, 0.6) is 0 Å². The summed E-state index contributed by atoms with van der Waals surface area (Å²) in [5, 5.41) is 0.141. The number of fused-ring (bicyclic) bond motifs is 1. The molecule has 3 aromatic rings. The van der Waals surface area contributed by atoms with Crippen molar-refractivity contribution in [3.8, 4) is 11.1 Å².